The van der Waals surface area contributed by atoms with Crippen molar-refractivity contribution >= 4 is 0 Å². The number of benzene rings is 1. The van der Waals surface area contributed by atoms with Crippen LogP contribution in [0.15, 0.2) is 30.9 Å². The number of nitrogens with two attached hydrogens (primary N) is 1. The average Bonchev–Trinajstić information content (AvgIpc) is 2.16. The molecule has 0 fully saturated rings. The van der Waals surface area contributed by atoms with Crippen LogP contribution in [0.3, 0.4) is 0 Å². The first kappa shape index (κ1) is 10.7. The van der Waals surface area contributed by atoms with Crippen molar-refractivity contribution in [3.8, 4) is 5.75 Å². The van der Waals surface area contributed by atoms with Crippen LogP contribution in [0.4, 0.5) is 4.39 Å². The van der Waals surface area contributed by atoms with Gasteiger partial charge in [-0.05, 0) is 24.6 Å². The molecule has 3 heteroatoms. The Hall–Kier alpha value is -1.35. The highest BCUT2D eigenvalue weighted by atomic mass is 19.1. The van der Waals surface area contributed by atoms with E-state index < -0.39 is 0 Å². The summed E-state index contributed by atoms with van der Waals surface area (Å²) in [4.78, 5) is 0. The van der Waals surface area contributed by atoms with E-state index in [1.165, 1.54) is 6.07 Å². The van der Waals surface area contributed by atoms with E-state index in [1.54, 1.807) is 18.2 Å². The van der Waals surface area contributed by atoms with Gasteiger partial charge >= 0.3 is 0 Å². The summed E-state index contributed by atoms with van der Waals surface area (Å²) in [7, 11) is 0. The minimum absolute atomic E-state index is 0.123. The highest BCUT2D eigenvalue weighted by molar-refractivity contribution is 5.31. The lowest BCUT2D eigenvalue weighted by molar-refractivity contribution is 0.341. The van der Waals surface area contributed by atoms with Crippen molar-refractivity contribution < 1.29 is 9.13 Å². The van der Waals surface area contributed by atoms with Crippen LogP contribution in [0.25, 0.3) is 0 Å². The summed E-state index contributed by atoms with van der Waals surface area (Å²) in [5, 5.41) is 0. The molecule has 1 aromatic rings. The third-order valence-corrected chi connectivity index (χ3v) is 1.84. The Morgan fingerprint density at radius 3 is 2.93 bits per heavy atom. The molecule has 14 heavy (non-hydrogen) atoms. The Kier molecular flexibility index (Phi) is 3.65. The van der Waals surface area contributed by atoms with E-state index in [0.717, 1.165) is 5.56 Å². The monoisotopic (exact) mass is 195 g/mol. The van der Waals surface area contributed by atoms with Gasteiger partial charge < -0.3 is 10.5 Å². The fourth-order valence-corrected chi connectivity index (χ4v) is 1.06. The van der Waals surface area contributed by atoms with Gasteiger partial charge in [0.25, 0.3) is 0 Å². The highest BCUT2D eigenvalue weighted by Gasteiger charge is 2.06. The molecule has 1 rings (SSSR count). The van der Waals surface area contributed by atoms with Crippen molar-refractivity contribution in [2.45, 2.75) is 13.0 Å². The van der Waals surface area contributed by atoms with E-state index in [2.05, 4.69) is 6.58 Å². The summed E-state index contributed by atoms with van der Waals surface area (Å²) >= 11 is 0. The van der Waals surface area contributed by atoms with Gasteiger partial charge in [0, 0.05) is 6.04 Å². The maximum absolute atomic E-state index is 13.2. The predicted octanol–water partition coefficient (Wildman–Crippen LogP) is 2.41. The quantitative estimate of drug-likeness (QED) is 0.749. The molecule has 0 spiro atoms. The van der Waals surface area contributed by atoms with Crippen molar-refractivity contribution in [2.75, 3.05) is 6.61 Å². The third kappa shape index (κ3) is 2.57. The second-order valence-electron chi connectivity index (χ2n) is 3.08. The maximum Gasteiger partial charge on any atom is 0.165 e. The highest BCUT2D eigenvalue weighted by Crippen LogP contribution is 2.21. The van der Waals surface area contributed by atoms with Gasteiger partial charge in [-0.25, -0.2) is 4.39 Å². The summed E-state index contributed by atoms with van der Waals surface area (Å²) in [6.45, 7) is 5.62. The van der Waals surface area contributed by atoms with Gasteiger partial charge in [-0.2, -0.15) is 0 Å². The first-order valence-corrected chi connectivity index (χ1v) is 4.44. The van der Waals surface area contributed by atoms with Gasteiger partial charge in [0.15, 0.2) is 11.6 Å². The Balaban J connectivity index is 2.90. The molecule has 0 aliphatic heterocycles. The third-order valence-electron chi connectivity index (χ3n) is 1.84. The van der Waals surface area contributed by atoms with Crippen molar-refractivity contribution in [3.63, 3.8) is 0 Å². The topological polar surface area (TPSA) is 35.2 Å². The Labute approximate surface area is 83.2 Å². The predicted molar refractivity (Wildman–Crippen MR) is 54.7 cm³/mol. The van der Waals surface area contributed by atoms with Crippen LogP contribution in [0, 0.1) is 5.82 Å². The molecule has 0 amide bonds. The number of halogens is 1. The number of hydrogen-bond donors (Lipinski definition) is 1. The van der Waals surface area contributed by atoms with Crippen molar-refractivity contribution in [2.24, 2.45) is 5.73 Å². The first-order valence-electron chi connectivity index (χ1n) is 4.44. The molecule has 1 unspecified atom stereocenters. The molecule has 0 aliphatic rings. The van der Waals surface area contributed by atoms with Crippen LogP contribution >= 0.6 is 0 Å². The minimum Gasteiger partial charge on any atom is -0.486 e. The molecule has 0 saturated heterocycles. The molecule has 0 heterocycles. The molecular weight excluding hydrogens is 181 g/mol. The van der Waals surface area contributed by atoms with Crippen LogP contribution < -0.4 is 10.5 Å². The second-order valence-corrected chi connectivity index (χ2v) is 3.08. The fourth-order valence-electron chi connectivity index (χ4n) is 1.06. The standard InChI is InChI=1S/C11H14FNO/c1-3-6-14-11-7-9(8(2)13)4-5-10(11)12/h3-5,7-8H,1,6,13H2,2H3. The largest absolute Gasteiger partial charge is 0.486 e. The van der Waals surface area contributed by atoms with Gasteiger partial charge in [-0.15, -0.1) is 0 Å². The number of hydrogen-bond acceptors (Lipinski definition) is 2. The lowest BCUT2D eigenvalue weighted by atomic mass is 10.1. The van der Waals surface area contributed by atoms with Crippen molar-refractivity contribution in [1.29, 1.82) is 0 Å². The Bertz CT molecular complexity index is 323. The molecule has 1 aromatic carbocycles. The zero-order valence-electron chi connectivity index (χ0n) is 8.16. The first-order chi connectivity index (χ1) is 6.65. The van der Waals surface area contributed by atoms with Gasteiger partial charge in [-0.3, -0.25) is 0 Å². The molecule has 2 nitrogen and oxygen atoms in total. The van der Waals surface area contributed by atoms with Gasteiger partial charge in [0.05, 0.1) is 0 Å². The van der Waals surface area contributed by atoms with Crippen LogP contribution in [0.5, 0.6) is 5.75 Å². The summed E-state index contributed by atoms with van der Waals surface area (Å²) in [6, 6.07) is 4.50. The van der Waals surface area contributed by atoms with E-state index in [1.807, 2.05) is 6.92 Å². The molecule has 0 radical (unpaired) electrons. The lowest BCUT2D eigenvalue weighted by Gasteiger charge is -2.09. The molecule has 0 aromatic heterocycles. The van der Waals surface area contributed by atoms with Crippen LogP contribution in [0.2, 0.25) is 0 Å². The summed E-state index contributed by atoms with van der Waals surface area (Å²) in [5.74, 6) is -0.157. The maximum atomic E-state index is 13.2. The normalized spacial score (nSPS) is 12.2. The number of rotatable bonds is 4. The Morgan fingerprint density at radius 1 is 1.64 bits per heavy atom. The fraction of sp³-hybridized carbons (Fsp3) is 0.273. The molecular formula is C11H14FNO. The van der Waals surface area contributed by atoms with Crippen molar-refractivity contribution in [1.82, 2.24) is 0 Å². The second kappa shape index (κ2) is 4.77. The SMILES string of the molecule is C=CCOc1cc(C(C)N)ccc1F. The van der Waals surface area contributed by atoms with Crippen LogP contribution in [-0.4, -0.2) is 6.61 Å². The number of ether oxygens (including phenoxy) is 1. The zero-order valence-corrected chi connectivity index (χ0v) is 8.16. The van der Waals surface area contributed by atoms with Crippen LogP contribution in [0.1, 0.15) is 18.5 Å². The van der Waals surface area contributed by atoms with E-state index >= 15 is 0 Å². The summed E-state index contributed by atoms with van der Waals surface area (Å²) in [6.07, 6.45) is 1.57. The molecule has 2 N–H and O–H groups in total. The molecule has 0 bridgehead atoms. The minimum atomic E-state index is -0.378. The van der Waals surface area contributed by atoms with E-state index in [-0.39, 0.29) is 17.6 Å². The Morgan fingerprint density at radius 2 is 2.36 bits per heavy atom. The van der Waals surface area contributed by atoms with Crippen LogP contribution in [-0.2, 0) is 0 Å². The van der Waals surface area contributed by atoms with E-state index in [9.17, 15) is 4.39 Å². The summed E-state index contributed by atoms with van der Waals surface area (Å²) in [5.41, 5.74) is 6.52. The summed E-state index contributed by atoms with van der Waals surface area (Å²) < 4.78 is 18.3. The van der Waals surface area contributed by atoms with E-state index in [4.69, 9.17) is 10.5 Å². The average molecular weight is 195 g/mol. The molecule has 1 atom stereocenters. The zero-order chi connectivity index (χ0) is 10.6. The van der Waals surface area contributed by atoms with Gasteiger partial charge in [0.2, 0.25) is 0 Å². The molecule has 76 valence electrons. The lowest BCUT2D eigenvalue weighted by Crippen LogP contribution is -2.06. The molecule has 0 aliphatic carbocycles. The van der Waals surface area contributed by atoms with Gasteiger partial charge in [-0.1, -0.05) is 18.7 Å². The van der Waals surface area contributed by atoms with E-state index in [0.29, 0.717) is 6.61 Å². The van der Waals surface area contributed by atoms with Crippen molar-refractivity contribution in [3.05, 3.63) is 42.2 Å². The van der Waals surface area contributed by atoms with Gasteiger partial charge in [0.1, 0.15) is 6.61 Å². The molecule has 0 saturated carbocycles. The smallest absolute Gasteiger partial charge is 0.165 e.